The fourth-order valence-electron chi connectivity index (χ4n) is 4.58. The molecule has 2 aliphatic rings. The Morgan fingerprint density at radius 1 is 0.875 bits per heavy atom. The topological polar surface area (TPSA) is 94.7 Å². The number of carbonyl (C=O) groups excluding carboxylic acids is 2. The van der Waals surface area contributed by atoms with Gasteiger partial charge in [-0.25, -0.2) is 9.97 Å². The van der Waals surface area contributed by atoms with Crippen molar-refractivity contribution in [2.75, 3.05) is 40.4 Å². The van der Waals surface area contributed by atoms with E-state index in [1.165, 1.54) is 0 Å². The molecule has 4 atom stereocenters. The summed E-state index contributed by atoms with van der Waals surface area (Å²) in [4.78, 5) is 38.4. The highest BCUT2D eigenvalue weighted by atomic mass is 16.5. The van der Waals surface area contributed by atoms with Crippen LogP contribution in [0.3, 0.4) is 0 Å². The van der Waals surface area contributed by atoms with Crippen LogP contribution in [0.2, 0.25) is 0 Å². The number of nitrogens with zero attached hydrogens (tertiary/aromatic N) is 6. The van der Waals surface area contributed by atoms with Gasteiger partial charge in [0.05, 0.1) is 11.8 Å². The molecule has 2 aromatic rings. The summed E-state index contributed by atoms with van der Waals surface area (Å²) in [5.41, 5.74) is 0. The molecule has 2 amide bonds. The van der Waals surface area contributed by atoms with Gasteiger partial charge >= 0.3 is 0 Å². The number of aryl methyl sites for hydroxylation is 2. The average Bonchev–Trinajstić information content (AvgIpc) is 3.56. The summed E-state index contributed by atoms with van der Waals surface area (Å²) < 4.78 is 15.5. The lowest BCUT2D eigenvalue weighted by atomic mass is 9.98. The maximum atomic E-state index is 13.1. The number of ether oxygens (including phenoxy) is 2. The standard InChI is InChI=1S/C22H32N6O4/c1-25-9-7-23-19(25)17-15(5-13-31-17)21(29)27(3)11-12-28(4)22(30)16-6-14-32-18(16)20-24-8-10-26(20)2/h7-10,15-18H,5-6,11-14H2,1-4H3/t15-,16-,17-,18-/m1/s1. The number of imidazole rings is 2. The van der Waals surface area contributed by atoms with Crippen LogP contribution in [0.5, 0.6) is 0 Å². The van der Waals surface area contributed by atoms with E-state index >= 15 is 0 Å². The second-order valence-electron chi connectivity index (χ2n) is 8.69. The fraction of sp³-hybridized carbons (Fsp3) is 0.636. The number of aromatic nitrogens is 4. The Balaban J connectivity index is 1.33. The van der Waals surface area contributed by atoms with Crippen LogP contribution in [0.15, 0.2) is 24.8 Å². The van der Waals surface area contributed by atoms with Gasteiger partial charge in [-0.3, -0.25) is 9.59 Å². The summed E-state index contributed by atoms with van der Waals surface area (Å²) in [6.07, 6.45) is 7.81. The van der Waals surface area contributed by atoms with Crippen molar-refractivity contribution in [3.8, 4) is 0 Å². The van der Waals surface area contributed by atoms with Crippen LogP contribution < -0.4 is 0 Å². The molecular formula is C22H32N6O4. The van der Waals surface area contributed by atoms with Crippen molar-refractivity contribution >= 4 is 11.8 Å². The zero-order chi connectivity index (χ0) is 22.8. The highest BCUT2D eigenvalue weighted by Gasteiger charge is 2.40. The molecule has 0 saturated carbocycles. The molecule has 4 heterocycles. The average molecular weight is 445 g/mol. The van der Waals surface area contributed by atoms with Crippen molar-refractivity contribution in [3.63, 3.8) is 0 Å². The number of rotatable bonds is 7. The summed E-state index contributed by atoms with van der Waals surface area (Å²) in [6.45, 7) is 1.98. The predicted octanol–water partition coefficient (Wildman–Crippen LogP) is 0.926. The molecule has 0 aliphatic carbocycles. The molecule has 2 aromatic heterocycles. The van der Waals surface area contributed by atoms with Crippen LogP contribution in [0, 0.1) is 11.8 Å². The molecule has 0 N–H and O–H groups in total. The molecule has 10 nitrogen and oxygen atoms in total. The van der Waals surface area contributed by atoms with E-state index in [9.17, 15) is 9.59 Å². The third-order valence-corrected chi connectivity index (χ3v) is 6.57. The Hall–Kier alpha value is -2.72. The molecule has 32 heavy (non-hydrogen) atoms. The van der Waals surface area contributed by atoms with Gasteiger partial charge in [0, 0.05) is 79.3 Å². The third-order valence-electron chi connectivity index (χ3n) is 6.57. The van der Waals surface area contributed by atoms with Gasteiger partial charge < -0.3 is 28.4 Å². The van der Waals surface area contributed by atoms with Crippen LogP contribution in [-0.4, -0.2) is 81.1 Å². The summed E-state index contributed by atoms with van der Waals surface area (Å²) in [5.74, 6) is 1.04. The molecule has 0 bridgehead atoms. The van der Waals surface area contributed by atoms with Crippen molar-refractivity contribution in [3.05, 3.63) is 36.4 Å². The molecule has 0 aromatic carbocycles. The first-order valence-electron chi connectivity index (χ1n) is 11.1. The maximum Gasteiger partial charge on any atom is 0.228 e. The van der Waals surface area contributed by atoms with Crippen LogP contribution in [-0.2, 0) is 33.2 Å². The first-order chi connectivity index (χ1) is 15.4. The van der Waals surface area contributed by atoms with E-state index in [2.05, 4.69) is 9.97 Å². The Morgan fingerprint density at radius 2 is 1.28 bits per heavy atom. The Bertz CT molecular complexity index is 880. The first-order valence-corrected chi connectivity index (χ1v) is 11.1. The molecule has 10 heteroatoms. The third kappa shape index (κ3) is 4.29. The van der Waals surface area contributed by atoms with Gasteiger partial charge in [0.25, 0.3) is 0 Å². The number of hydrogen-bond acceptors (Lipinski definition) is 6. The first kappa shape index (κ1) is 22.5. The fourth-order valence-corrected chi connectivity index (χ4v) is 4.58. The van der Waals surface area contributed by atoms with Gasteiger partial charge in [-0.1, -0.05) is 0 Å². The van der Waals surface area contributed by atoms with E-state index in [1.807, 2.05) is 35.6 Å². The van der Waals surface area contributed by atoms with Gasteiger partial charge in [-0.2, -0.15) is 0 Å². The van der Waals surface area contributed by atoms with E-state index in [1.54, 1.807) is 36.3 Å². The lowest BCUT2D eigenvalue weighted by Gasteiger charge is -2.28. The zero-order valence-electron chi connectivity index (χ0n) is 19.2. The molecule has 174 valence electrons. The molecule has 0 unspecified atom stereocenters. The zero-order valence-corrected chi connectivity index (χ0v) is 19.2. The normalized spacial score (nSPS) is 25.2. The van der Waals surface area contributed by atoms with E-state index in [-0.39, 0.29) is 35.9 Å². The van der Waals surface area contributed by atoms with Crippen molar-refractivity contribution < 1.29 is 19.1 Å². The van der Waals surface area contributed by atoms with E-state index in [0.29, 0.717) is 39.1 Å². The largest absolute Gasteiger partial charge is 0.369 e. The second-order valence-corrected chi connectivity index (χ2v) is 8.69. The molecule has 0 radical (unpaired) electrons. The van der Waals surface area contributed by atoms with Gasteiger partial charge in [0.2, 0.25) is 11.8 Å². The van der Waals surface area contributed by atoms with Gasteiger partial charge in [0.1, 0.15) is 23.9 Å². The van der Waals surface area contributed by atoms with Gasteiger partial charge in [-0.05, 0) is 12.8 Å². The Kier molecular flexibility index (Phi) is 6.61. The van der Waals surface area contributed by atoms with Gasteiger partial charge in [-0.15, -0.1) is 0 Å². The van der Waals surface area contributed by atoms with Crippen molar-refractivity contribution in [2.45, 2.75) is 25.0 Å². The Morgan fingerprint density at radius 3 is 1.62 bits per heavy atom. The smallest absolute Gasteiger partial charge is 0.228 e. The second kappa shape index (κ2) is 9.41. The monoisotopic (exact) mass is 444 g/mol. The molecular weight excluding hydrogens is 412 g/mol. The predicted molar refractivity (Wildman–Crippen MR) is 115 cm³/mol. The lowest BCUT2D eigenvalue weighted by Crippen LogP contribution is -2.42. The van der Waals surface area contributed by atoms with Crippen molar-refractivity contribution in [1.29, 1.82) is 0 Å². The summed E-state index contributed by atoms with van der Waals surface area (Å²) >= 11 is 0. The van der Waals surface area contributed by atoms with Crippen molar-refractivity contribution in [1.82, 2.24) is 28.9 Å². The number of carbonyl (C=O) groups is 2. The minimum Gasteiger partial charge on any atom is -0.369 e. The van der Waals surface area contributed by atoms with Gasteiger partial charge in [0.15, 0.2) is 0 Å². The summed E-state index contributed by atoms with van der Waals surface area (Å²) in [6, 6.07) is 0. The number of likely N-dealkylation sites (N-methyl/N-ethyl adjacent to an activating group) is 2. The minimum atomic E-state index is -0.335. The quantitative estimate of drug-likeness (QED) is 0.631. The SMILES string of the molecule is CN(CCN(C)C(=O)[C@@H]1CCO[C@H]1c1nccn1C)C(=O)[C@@H]1CCO[C@H]1c1nccn1C. The van der Waals surface area contributed by atoms with Crippen molar-refractivity contribution in [2.24, 2.45) is 25.9 Å². The molecule has 4 rings (SSSR count). The van der Waals surface area contributed by atoms with Crippen LogP contribution in [0.25, 0.3) is 0 Å². The number of amides is 2. The maximum absolute atomic E-state index is 13.1. The van der Waals surface area contributed by atoms with Crippen LogP contribution >= 0.6 is 0 Å². The van der Waals surface area contributed by atoms with E-state index in [0.717, 1.165) is 11.6 Å². The lowest BCUT2D eigenvalue weighted by molar-refractivity contribution is -0.140. The van der Waals surface area contributed by atoms with E-state index < -0.39 is 0 Å². The number of hydrogen-bond donors (Lipinski definition) is 0. The molecule has 2 saturated heterocycles. The highest BCUT2D eigenvalue weighted by Crippen LogP contribution is 2.35. The van der Waals surface area contributed by atoms with Crippen LogP contribution in [0.1, 0.15) is 36.7 Å². The van der Waals surface area contributed by atoms with Crippen LogP contribution in [0.4, 0.5) is 0 Å². The molecule has 2 aliphatic heterocycles. The molecule has 2 fully saturated rings. The van der Waals surface area contributed by atoms with E-state index in [4.69, 9.17) is 9.47 Å². The summed E-state index contributed by atoms with van der Waals surface area (Å²) in [7, 11) is 7.37. The highest BCUT2D eigenvalue weighted by molar-refractivity contribution is 5.81. The molecule has 0 spiro atoms. The Labute approximate surface area is 188 Å². The minimum absolute atomic E-state index is 0.0198. The summed E-state index contributed by atoms with van der Waals surface area (Å²) in [5, 5.41) is 0.